The number of aliphatic carboxylic acids is 1. The van der Waals surface area contributed by atoms with Gasteiger partial charge in [-0.15, -0.1) is 0 Å². The van der Waals surface area contributed by atoms with Gasteiger partial charge in [-0.1, -0.05) is 15.9 Å². The number of carboxylic acid groups (broad SMARTS) is 1. The SMILES string of the molecule is CC(Cc1cc(F)cc(Br)c1)(C(=O)O)C(=O)NC1CC1. The number of hydrogen-bond acceptors (Lipinski definition) is 2. The van der Waals surface area contributed by atoms with E-state index >= 15 is 0 Å². The van der Waals surface area contributed by atoms with Crippen molar-refractivity contribution >= 4 is 27.8 Å². The number of amides is 1. The summed E-state index contributed by atoms with van der Waals surface area (Å²) in [5, 5.41) is 12.1. The first-order chi connectivity index (χ1) is 9.31. The third kappa shape index (κ3) is 3.36. The molecule has 0 radical (unpaired) electrons. The molecule has 6 heteroatoms. The summed E-state index contributed by atoms with van der Waals surface area (Å²) in [6.45, 7) is 1.37. The first kappa shape index (κ1) is 15.0. The molecule has 0 heterocycles. The normalized spacial score (nSPS) is 17.4. The van der Waals surface area contributed by atoms with E-state index in [2.05, 4.69) is 21.2 Å². The lowest BCUT2D eigenvalue weighted by Crippen LogP contribution is -2.46. The molecule has 20 heavy (non-hydrogen) atoms. The molecular formula is C14H15BrFNO3. The molecule has 1 aromatic carbocycles. The summed E-state index contributed by atoms with van der Waals surface area (Å²) in [6.07, 6.45) is 1.71. The van der Waals surface area contributed by atoms with Gasteiger partial charge in [0.05, 0.1) is 0 Å². The molecule has 1 atom stereocenters. The van der Waals surface area contributed by atoms with Crippen LogP contribution >= 0.6 is 15.9 Å². The highest BCUT2D eigenvalue weighted by atomic mass is 79.9. The first-order valence-electron chi connectivity index (χ1n) is 6.30. The van der Waals surface area contributed by atoms with E-state index in [-0.39, 0.29) is 12.5 Å². The standard InChI is InChI=1S/C14H15BrFNO3/c1-14(13(19)20,12(18)17-11-2-3-11)7-8-4-9(15)6-10(16)5-8/h4-6,11H,2-3,7H2,1H3,(H,17,18)(H,19,20). The first-order valence-corrected chi connectivity index (χ1v) is 7.10. The van der Waals surface area contributed by atoms with Gasteiger partial charge in [0.25, 0.3) is 0 Å². The van der Waals surface area contributed by atoms with Gasteiger partial charge in [0.2, 0.25) is 5.91 Å². The Morgan fingerprint density at radius 2 is 2.10 bits per heavy atom. The lowest BCUT2D eigenvalue weighted by molar-refractivity contribution is -0.154. The highest BCUT2D eigenvalue weighted by Gasteiger charge is 2.43. The summed E-state index contributed by atoms with van der Waals surface area (Å²) in [6, 6.07) is 4.23. The van der Waals surface area contributed by atoms with Crippen molar-refractivity contribution in [3.63, 3.8) is 0 Å². The lowest BCUT2D eigenvalue weighted by atomic mass is 9.82. The van der Waals surface area contributed by atoms with E-state index in [0.717, 1.165) is 12.8 Å². The van der Waals surface area contributed by atoms with E-state index in [4.69, 9.17) is 0 Å². The van der Waals surface area contributed by atoms with Crippen molar-refractivity contribution in [2.45, 2.75) is 32.2 Å². The monoisotopic (exact) mass is 343 g/mol. The van der Waals surface area contributed by atoms with Crippen molar-refractivity contribution < 1.29 is 19.1 Å². The number of benzene rings is 1. The maximum Gasteiger partial charge on any atom is 0.319 e. The third-order valence-corrected chi connectivity index (χ3v) is 3.82. The van der Waals surface area contributed by atoms with Crippen LogP contribution in [0.1, 0.15) is 25.3 Å². The maximum atomic E-state index is 13.3. The largest absolute Gasteiger partial charge is 0.480 e. The van der Waals surface area contributed by atoms with Crippen LogP contribution in [0.15, 0.2) is 22.7 Å². The number of carbonyl (C=O) groups is 2. The van der Waals surface area contributed by atoms with E-state index in [1.165, 1.54) is 19.1 Å². The molecule has 0 saturated heterocycles. The fraction of sp³-hybridized carbons (Fsp3) is 0.429. The summed E-state index contributed by atoms with van der Waals surface area (Å²) in [5.74, 6) is -2.20. The van der Waals surface area contributed by atoms with Crippen LogP contribution in [0.4, 0.5) is 4.39 Å². The van der Waals surface area contributed by atoms with Crippen LogP contribution in [-0.2, 0) is 16.0 Å². The van der Waals surface area contributed by atoms with Crippen LogP contribution in [0.2, 0.25) is 0 Å². The Kier molecular flexibility index (Phi) is 4.13. The second-order valence-corrected chi connectivity index (χ2v) is 6.26. The molecule has 1 aliphatic rings. The smallest absolute Gasteiger partial charge is 0.319 e. The molecule has 2 N–H and O–H groups in total. The molecule has 2 rings (SSSR count). The zero-order valence-corrected chi connectivity index (χ0v) is 12.5. The van der Waals surface area contributed by atoms with Gasteiger partial charge in [0, 0.05) is 10.5 Å². The zero-order valence-electron chi connectivity index (χ0n) is 11.0. The topological polar surface area (TPSA) is 66.4 Å². The average Bonchev–Trinajstić information content (AvgIpc) is 3.10. The maximum absolute atomic E-state index is 13.3. The fourth-order valence-electron chi connectivity index (χ4n) is 1.95. The number of nitrogens with one attached hydrogen (secondary N) is 1. The number of hydrogen-bond donors (Lipinski definition) is 2. The van der Waals surface area contributed by atoms with Crippen molar-refractivity contribution in [1.29, 1.82) is 0 Å². The second kappa shape index (κ2) is 5.52. The van der Waals surface area contributed by atoms with Gasteiger partial charge in [0.1, 0.15) is 11.2 Å². The average molecular weight is 344 g/mol. The molecule has 0 spiro atoms. The van der Waals surface area contributed by atoms with E-state index < -0.39 is 23.1 Å². The van der Waals surface area contributed by atoms with Crippen molar-refractivity contribution in [1.82, 2.24) is 5.32 Å². The van der Waals surface area contributed by atoms with Crippen LogP contribution in [-0.4, -0.2) is 23.0 Å². The Bertz CT molecular complexity index is 539. The van der Waals surface area contributed by atoms with E-state index in [9.17, 15) is 19.1 Å². The Morgan fingerprint density at radius 3 is 2.60 bits per heavy atom. The van der Waals surface area contributed by atoms with E-state index in [0.29, 0.717) is 10.0 Å². The highest BCUT2D eigenvalue weighted by molar-refractivity contribution is 9.10. The number of rotatable bonds is 5. The van der Waals surface area contributed by atoms with E-state index in [1.54, 1.807) is 6.07 Å². The molecule has 1 aliphatic carbocycles. The zero-order chi connectivity index (χ0) is 14.9. The number of halogens is 2. The molecular weight excluding hydrogens is 329 g/mol. The minimum absolute atomic E-state index is 0.0583. The van der Waals surface area contributed by atoms with Crippen LogP contribution in [0, 0.1) is 11.2 Å². The molecule has 0 aromatic heterocycles. The minimum atomic E-state index is -1.60. The molecule has 1 aromatic rings. The van der Waals surface area contributed by atoms with Gasteiger partial charge < -0.3 is 10.4 Å². The molecule has 0 bridgehead atoms. The highest BCUT2D eigenvalue weighted by Crippen LogP contribution is 2.28. The minimum Gasteiger partial charge on any atom is -0.480 e. The molecule has 1 fully saturated rings. The molecule has 1 saturated carbocycles. The second-order valence-electron chi connectivity index (χ2n) is 5.34. The van der Waals surface area contributed by atoms with Crippen molar-refractivity contribution in [3.8, 4) is 0 Å². The predicted molar refractivity (Wildman–Crippen MR) is 74.7 cm³/mol. The summed E-state index contributed by atoms with van der Waals surface area (Å²) in [4.78, 5) is 23.6. The number of carboxylic acids is 1. The van der Waals surface area contributed by atoms with Crippen molar-refractivity contribution in [3.05, 3.63) is 34.1 Å². The van der Waals surface area contributed by atoms with Gasteiger partial charge >= 0.3 is 5.97 Å². The summed E-state index contributed by atoms with van der Waals surface area (Å²) in [5.41, 5.74) is -1.14. The Labute approximate surface area is 124 Å². The van der Waals surface area contributed by atoms with Crippen molar-refractivity contribution in [2.24, 2.45) is 5.41 Å². The quantitative estimate of drug-likeness (QED) is 0.807. The molecule has 4 nitrogen and oxygen atoms in total. The predicted octanol–water partition coefficient (Wildman–Crippen LogP) is 2.50. The van der Waals surface area contributed by atoms with Crippen LogP contribution in [0.25, 0.3) is 0 Å². The van der Waals surface area contributed by atoms with Gasteiger partial charge in [-0.3, -0.25) is 9.59 Å². The molecule has 1 amide bonds. The molecule has 0 aliphatic heterocycles. The van der Waals surface area contributed by atoms with Crippen molar-refractivity contribution in [2.75, 3.05) is 0 Å². The van der Waals surface area contributed by atoms with Crippen LogP contribution in [0.5, 0.6) is 0 Å². The van der Waals surface area contributed by atoms with Crippen LogP contribution in [0.3, 0.4) is 0 Å². The van der Waals surface area contributed by atoms with Gasteiger partial charge in [-0.25, -0.2) is 4.39 Å². The lowest BCUT2D eigenvalue weighted by Gasteiger charge is -2.24. The summed E-state index contributed by atoms with van der Waals surface area (Å²) < 4.78 is 13.9. The fourth-order valence-corrected chi connectivity index (χ4v) is 2.46. The Hall–Kier alpha value is -1.43. The summed E-state index contributed by atoms with van der Waals surface area (Å²) >= 11 is 3.16. The molecule has 108 valence electrons. The molecule has 1 unspecified atom stereocenters. The van der Waals surface area contributed by atoms with Crippen LogP contribution < -0.4 is 5.32 Å². The Morgan fingerprint density at radius 1 is 1.45 bits per heavy atom. The number of carbonyl (C=O) groups excluding carboxylic acids is 1. The van der Waals surface area contributed by atoms with E-state index in [1.807, 2.05) is 0 Å². The third-order valence-electron chi connectivity index (χ3n) is 3.37. The van der Waals surface area contributed by atoms with Gasteiger partial charge in [0.15, 0.2) is 0 Å². The Balaban J connectivity index is 2.23. The summed E-state index contributed by atoms with van der Waals surface area (Å²) in [7, 11) is 0. The van der Waals surface area contributed by atoms with Gasteiger partial charge in [-0.05, 0) is 49.9 Å². The van der Waals surface area contributed by atoms with Gasteiger partial charge in [-0.2, -0.15) is 0 Å².